The highest BCUT2D eigenvalue weighted by atomic mass is 16.5. The van der Waals surface area contributed by atoms with E-state index in [4.69, 9.17) is 10.5 Å². The molecule has 0 atom stereocenters. The topological polar surface area (TPSA) is 93.4 Å². The molecule has 0 saturated carbocycles. The lowest BCUT2D eigenvalue weighted by atomic mass is 10.00. The highest BCUT2D eigenvalue weighted by molar-refractivity contribution is 5.90. The van der Waals surface area contributed by atoms with Crippen molar-refractivity contribution in [2.24, 2.45) is 0 Å². The third-order valence-electron chi connectivity index (χ3n) is 4.86. The van der Waals surface area contributed by atoms with Crippen LogP contribution in [0, 0.1) is 0 Å². The Morgan fingerprint density at radius 1 is 1.11 bits per heavy atom. The van der Waals surface area contributed by atoms with Crippen LogP contribution in [0.25, 0.3) is 0 Å². The maximum atomic E-state index is 11.6. The zero-order chi connectivity index (χ0) is 19.5. The number of nitrogen functional groups attached to an aromatic ring is 1. The molecule has 0 unspecified atom stereocenters. The van der Waals surface area contributed by atoms with Gasteiger partial charge in [0.25, 0.3) is 0 Å². The molecular weight excluding hydrogens is 354 g/mol. The number of methoxy groups -OCH3 is 1. The smallest absolute Gasteiger partial charge is 0.337 e. The van der Waals surface area contributed by atoms with Crippen LogP contribution in [0.4, 0.5) is 23.0 Å². The summed E-state index contributed by atoms with van der Waals surface area (Å²) in [6, 6.07) is 15.4. The molecule has 4 rings (SSSR count). The van der Waals surface area contributed by atoms with E-state index >= 15 is 0 Å². The standard InChI is InChI=1S/C21H21N5O2/c1-28-21(27)15-6-8-17(9-7-15)25-19-18(22)20(24-13-23-19)26-11-10-14-4-2-3-5-16(14)12-26/h2-9,13H,10-12,22H2,1H3,(H,23,24,25). The van der Waals surface area contributed by atoms with E-state index in [2.05, 4.69) is 44.5 Å². The van der Waals surface area contributed by atoms with Gasteiger partial charge in [0, 0.05) is 18.8 Å². The van der Waals surface area contributed by atoms with Gasteiger partial charge in [-0.25, -0.2) is 14.8 Å². The minimum atomic E-state index is -0.374. The van der Waals surface area contributed by atoms with Crippen LogP contribution in [0.2, 0.25) is 0 Å². The fourth-order valence-electron chi connectivity index (χ4n) is 3.36. The second-order valence-electron chi connectivity index (χ2n) is 6.59. The first-order valence-corrected chi connectivity index (χ1v) is 9.03. The molecule has 2 heterocycles. The molecule has 0 radical (unpaired) electrons. The fourth-order valence-corrected chi connectivity index (χ4v) is 3.36. The van der Waals surface area contributed by atoms with Gasteiger partial charge in [-0.3, -0.25) is 0 Å². The number of nitrogens with two attached hydrogens (primary N) is 1. The van der Waals surface area contributed by atoms with Gasteiger partial charge in [-0.1, -0.05) is 24.3 Å². The number of carbonyl (C=O) groups excluding carboxylic acids is 1. The van der Waals surface area contributed by atoms with E-state index in [-0.39, 0.29) is 5.97 Å². The molecule has 1 aromatic heterocycles. The molecule has 28 heavy (non-hydrogen) atoms. The average Bonchev–Trinajstić information content (AvgIpc) is 2.75. The number of rotatable bonds is 4. The van der Waals surface area contributed by atoms with Gasteiger partial charge in [-0.2, -0.15) is 0 Å². The molecule has 0 aliphatic carbocycles. The Morgan fingerprint density at radius 2 is 1.86 bits per heavy atom. The molecule has 0 spiro atoms. The Balaban J connectivity index is 1.55. The molecule has 1 aliphatic heterocycles. The van der Waals surface area contributed by atoms with Crippen LogP contribution < -0.4 is 16.0 Å². The molecule has 1 aliphatic rings. The van der Waals surface area contributed by atoms with Crippen molar-refractivity contribution >= 4 is 29.0 Å². The summed E-state index contributed by atoms with van der Waals surface area (Å²) < 4.78 is 4.72. The number of carbonyl (C=O) groups is 1. The number of aromatic nitrogens is 2. The maximum absolute atomic E-state index is 11.6. The van der Waals surface area contributed by atoms with Gasteiger partial charge in [-0.15, -0.1) is 0 Å². The second-order valence-corrected chi connectivity index (χ2v) is 6.59. The lowest BCUT2D eigenvalue weighted by molar-refractivity contribution is 0.0601. The summed E-state index contributed by atoms with van der Waals surface area (Å²) in [6.07, 6.45) is 2.47. The highest BCUT2D eigenvalue weighted by Crippen LogP contribution is 2.31. The largest absolute Gasteiger partial charge is 0.465 e. The van der Waals surface area contributed by atoms with Crippen molar-refractivity contribution in [2.75, 3.05) is 29.6 Å². The van der Waals surface area contributed by atoms with Crippen molar-refractivity contribution in [3.8, 4) is 0 Å². The van der Waals surface area contributed by atoms with Crippen LogP contribution in [0.5, 0.6) is 0 Å². The lowest BCUT2D eigenvalue weighted by Crippen LogP contribution is -2.31. The minimum Gasteiger partial charge on any atom is -0.465 e. The zero-order valence-electron chi connectivity index (χ0n) is 15.6. The first kappa shape index (κ1) is 17.8. The van der Waals surface area contributed by atoms with Gasteiger partial charge in [0.15, 0.2) is 11.6 Å². The number of ether oxygens (including phenoxy) is 1. The van der Waals surface area contributed by atoms with E-state index in [1.54, 1.807) is 24.3 Å². The van der Waals surface area contributed by atoms with E-state index in [9.17, 15) is 4.79 Å². The second kappa shape index (κ2) is 7.56. The van der Waals surface area contributed by atoms with Crippen molar-refractivity contribution in [2.45, 2.75) is 13.0 Å². The first-order valence-electron chi connectivity index (χ1n) is 9.03. The van der Waals surface area contributed by atoms with Gasteiger partial charge in [0.05, 0.1) is 12.7 Å². The molecule has 3 aromatic rings. The number of nitrogens with one attached hydrogen (secondary N) is 1. The predicted molar refractivity (Wildman–Crippen MR) is 109 cm³/mol. The Labute approximate surface area is 163 Å². The van der Waals surface area contributed by atoms with Gasteiger partial charge >= 0.3 is 5.97 Å². The maximum Gasteiger partial charge on any atom is 0.337 e. The summed E-state index contributed by atoms with van der Waals surface area (Å²) in [4.78, 5) is 22.4. The molecule has 7 nitrogen and oxygen atoms in total. The van der Waals surface area contributed by atoms with Crippen LogP contribution in [0.3, 0.4) is 0 Å². The molecule has 2 aromatic carbocycles. The highest BCUT2D eigenvalue weighted by Gasteiger charge is 2.20. The summed E-state index contributed by atoms with van der Waals surface area (Å²) in [7, 11) is 1.36. The summed E-state index contributed by atoms with van der Waals surface area (Å²) in [5.41, 5.74) is 10.8. The van der Waals surface area contributed by atoms with Crippen LogP contribution in [0.15, 0.2) is 54.9 Å². The number of fused-ring (bicyclic) bond motifs is 1. The van der Waals surface area contributed by atoms with Crippen molar-refractivity contribution in [1.29, 1.82) is 0 Å². The molecule has 142 valence electrons. The van der Waals surface area contributed by atoms with Gasteiger partial charge in [0.1, 0.15) is 12.0 Å². The monoisotopic (exact) mass is 375 g/mol. The first-order chi connectivity index (χ1) is 13.7. The zero-order valence-corrected chi connectivity index (χ0v) is 15.6. The van der Waals surface area contributed by atoms with Gasteiger partial charge < -0.3 is 20.7 Å². The van der Waals surface area contributed by atoms with Crippen molar-refractivity contribution in [3.63, 3.8) is 0 Å². The SMILES string of the molecule is COC(=O)c1ccc(Nc2ncnc(N3CCc4ccccc4C3)c2N)cc1. The molecular formula is C21H21N5O2. The Bertz CT molecular complexity index is 1000. The van der Waals surface area contributed by atoms with Crippen molar-refractivity contribution < 1.29 is 9.53 Å². The van der Waals surface area contributed by atoms with Crippen LogP contribution >= 0.6 is 0 Å². The average molecular weight is 375 g/mol. The van der Waals surface area contributed by atoms with E-state index in [1.807, 2.05) is 0 Å². The van der Waals surface area contributed by atoms with Crippen LogP contribution in [-0.4, -0.2) is 29.6 Å². The molecule has 0 saturated heterocycles. The summed E-state index contributed by atoms with van der Waals surface area (Å²) in [6.45, 7) is 1.62. The van der Waals surface area contributed by atoms with E-state index in [1.165, 1.54) is 24.6 Å². The van der Waals surface area contributed by atoms with Crippen molar-refractivity contribution in [3.05, 3.63) is 71.5 Å². The Kier molecular flexibility index (Phi) is 4.80. The number of benzene rings is 2. The Morgan fingerprint density at radius 3 is 2.61 bits per heavy atom. The number of hydrogen-bond acceptors (Lipinski definition) is 7. The molecule has 7 heteroatoms. The third kappa shape index (κ3) is 3.46. The number of esters is 1. The summed E-state index contributed by atoms with van der Waals surface area (Å²) >= 11 is 0. The molecule has 0 bridgehead atoms. The fraction of sp³-hybridized carbons (Fsp3) is 0.190. The molecule has 0 fully saturated rings. The van der Waals surface area contributed by atoms with E-state index < -0.39 is 0 Å². The predicted octanol–water partition coefficient (Wildman–Crippen LogP) is 3.15. The quantitative estimate of drug-likeness (QED) is 0.677. The van der Waals surface area contributed by atoms with Gasteiger partial charge in [-0.05, 0) is 41.8 Å². The van der Waals surface area contributed by atoms with Gasteiger partial charge in [0.2, 0.25) is 0 Å². The summed E-state index contributed by atoms with van der Waals surface area (Å²) in [5, 5.41) is 3.20. The van der Waals surface area contributed by atoms with Crippen molar-refractivity contribution in [1.82, 2.24) is 9.97 Å². The molecule has 3 N–H and O–H groups in total. The third-order valence-corrected chi connectivity index (χ3v) is 4.86. The number of nitrogens with zero attached hydrogens (tertiary/aromatic N) is 3. The molecule has 0 amide bonds. The minimum absolute atomic E-state index is 0.374. The van der Waals surface area contributed by atoms with Crippen LogP contribution in [-0.2, 0) is 17.7 Å². The van der Waals surface area contributed by atoms with E-state index in [0.717, 1.165) is 31.0 Å². The van der Waals surface area contributed by atoms with E-state index in [0.29, 0.717) is 17.1 Å². The number of hydrogen-bond donors (Lipinski definition) is 2. The lowest BCUT2D eigenvalue weighted by Gasteiger charge is -2.30. The summed E-state index contributed by atoms with van der Waals surface area (Å²) in [5.74, 6) is 0.883. The van der Waals surface area contributed by atoms with Crippen LogP contribution in [0.1, 0.15) is 21.5 Å². The normalized spacial score (nSPS) is 13.0. The Hall–Kier alpha value is -3.61. The number of anilines is 4.